The molecule has 1 atom stereocenters. The molecule has 0 saturated carbocycles. The van der Waals surface area contributed by atoms with Crippen molar-refractivity contribution >= 4 is 17.4 Å². The zero-order valence-corrected chi connectivity index (χ0v) is 16.1. The molecule has 7 heteroatoms. The minimum atomic E-state index is -0.704. The molecule has 0 unspecified atom stereocenters. The number of ether oxygens (including phenoxy) is 1. The number of nitro benzene ring substituents is 1. The number of Topliss-reactive ketones (excluding diaryl/α,β-unsaturated/α-hetero) is 1. The molecule has 2 aromatic rings. The molecule has 0 N–H and O–H groups in total. The first-order valence-electron chi connectivity index (χ1n) is 9.27. The molecule has 0 radical (unpaired) electrons. The van der Waals surface area contributed by atoms with Crippen LogP contribution in [0.1, 0.15) is 38.2 Å². The zero-order valence-electron chi connectivity index (χ0n) is 16.1. The average Bonchev–Trinajstić information content (AvgIpc) is 3.20. The molecule has 0 fully saturated rings. The van der Waals surface area contributed by atoms with Gasteiger partial charge in [-0.1, -0.05) is 26.0 Å². The van der Waals surface area contributed by atoms with E-state index in [2.05, 4.69) is 6.07 Å². The number of hydrogen-bond acceptors (Lipinski definition) is 5. The topological polar surface area (TPSA) is 98.2 Å². The summed E-state index contributed by atoms with van der Waals surface area (Å²) < 4.78 is 7.81. The molecule has 0 spiro atoms. The molecule has 1 aromatic carbocycles. The number of carbonyl (C=O) groups is 1. The van der Waals surface area contributed by atoms with Gasteiger partial charge in [0.25, 0.3) is 5.69 Å². The van der Waals surface area contributed by atoms with Crippen molar-refractivity contribution < 1.29 is 14.5 Å². The van der Waals surface area contributed by atoms with Crippen LogP contribution in [0.3, 0.4) is 0 Å². The standard InChI is InChI=1S/C22H19N3O4/c1-22(2)11-17(26)20-18(12-22)29-21(24-8-3-4-9-24)16(13-23)19(20)14-6-5-7-15(10-14)25(27)28/h3-10,19H,11-12H2,1-2H3/t19-/m1/s1. The fraction of sp³-hybridized carbons (Fsp3) is 0.273. The van der Waals surface area contributed by atoms with Crippen molar-refractivity contribution in [1.29, 1.82) is 5.26 Å². The van der Waals surface area contributed by atoms with Gasteiger partial charge in [-0.2, -0.15) is 5.26 Å². The maximum Gasteiger partial charge on any atom is 0.269 e. The molecular formula is C22H19N3O4. The predicted molar refractivity (Wildman–Crippen MR) is 105 cm³/mol. The van der Waals surface area contributed by atoms with E-state index in [0.29, 0.717) is 35.6 Å². The molecule has 0 amide bonds. The number of ketones is 1. The van der Waals surface area contributed by atoms with Gasteiger partial charge in [0.15, 0.2) is 5.78 Å². The lowest BCUT2D eigenvalue weighted by Crippen LogP contribution is -2.32. The van der Waals surface area contributed by atoms with Crippen LogP contribution in [0.25, 0.3) is 5.88 Å². The maximum absolute atomic E-state index is 13.1. The van der Waals surface area contributed by atoms with Crippen molar-refractivity contribution in [2.24, 2.45) is 5.41 Å². The molecule has 7 nitrogen and oxygen atoms in total. The maximum atomic E-state index is 13.1. The van der Waals surface area contributed by atoms with Crippen LogP contribution in [-0.4, -0.2) is 15.3 Å². The molecule has 0 saturated heterocycles. The third-order valence-electron chi connectivity index (χ3n) is 5.28. The van der Waals surface area contributed by atoms with Crippen LogP contribution in [0, 0.1) is 26.9 Å². The molecule has 4 rings (SSSR count). The van der Waals surface area contributed by atoms with Gasteiger partial charge in [-0.05, 0) is 23.1 Å². The second-order valence-electron chi connectivity index (χ2n) is 8.09. The first kappa shape index (κ1) is 18.7. The lowest BCUT2D eigenvalue weighted by Gasteiger charge is -2.38. The number of nitrogens with zero attached hydrogens (tertiary/aromatic N) is 3. The van der Waals surface area contributed by atoms with Crippen molar-refractivity contribution in [3.05, 3.63) is 81.4 Å². The lowest BCUT2D eigenvalue weighted by atomic mass is 9.70. The SMILES string of the molecule is CC1(C)CC(=O)C2=C(C1)OC(n1cccc1)=C(C#N)[C@H]2c1cccc([N+](=O)[O-])c1. The molecular weight excluding hydrogens is 370 g/mol. The van der Waals surface area contributed by atoms with Crippen LogP contribution in [0.15, 0.2) is 65.7 Å². The fourth-order valence-corrected chi connectivity index (χ4v) is 4.06. The van der Waals surface area contributed by atoms with Crippen molar-refractivity contribution in [3.8, 4) is 6.07 Å². The van der Waals surface area contributed by atoms with E-state index in [1.807, 2.05) is 26.0 Å². The fourth-order valence-electron chi connectivity index (χ4n) is 4.06. The van der Waals surface area contributed by atoms with Gasteiger partial charge in [0.1, 0.15) is 17.4 Å². The smallest absolute Gasteiger partial charge is 0.269 e. The quantitative estimate of drug-likeness (QED) is 0.567. The number of benzene rings is 1. The number of allylic oxidation sites excluding steroid dienone is 3. The first-order valence-corrected chi connectivity index (χ1v) is 9.27. The first-order chi connectivity index (χ1) is 13.8. The Kier molecular flexibility index (Phi) is 4.35. The summed E-state index contributed by atoms with van der Waals surface area (Å²) in [6.07, 6.45) is 4.40. The molecule has 1 aliphatic heterocycles. The number of nitro groups is 1. The Morgan fingerprint density at radius 1 is 1.24 bits per heavy atom. The summed E-state index contributed by atoms with van der Waals surface area (Å²) >= 11 is 0. The summed E-state index contributed by atoms with van der Waals surface area (Å²) in [6, 6.07) is 11.9. The highest BCUT2D eigenvalue weighted by Crippen LogP contribution is 2.49. The van der Waals surface area contributed by atoms with Crippen molar-refractivity contribution in [2.45, 2.75) is 32.6 Å². The molecule has 146 valence electrons. The highest BCUT2D eigenvalue weighted by molar-refractivity contribution is 6.00. The van der Waals surface area contributed by atoms with E-state index in [1.54, 1.807) is 29.1 Å². The number of rotatable bonds is 3. The van der Waals surface area contributed by atoms with E-state index in [9.17, 15) is 20.2 Å². The van der Waals surface area contributed by atoms with Crippen LogP contribution in [-0.2, 0) is 9.53 Å². The molecule has 1 aliphatic carbocycles. The van der Waals surface area contributed by atoms with E-state index in [-0.39, 0.29) is 22.5 Å². The van der Waals surface area contributed by atoms with Gasteiger partial charge in [0.05, 0.1) is 10.8 Å². The molecule has 1 aromatic heterocycles. The Hall–Kier alpha value is -3.66. The number of nitriles is 1. The zero-order chi connectivity index (χ0) is 20.8. The van der Waals surface area contributed by atoms with Crippen LogP contribution in [0.4, 0.5) is 5.69 Å². The molecule has 2 heterocycles. The van der Waals surface area contributed by atoms with Crippen LogP contribution in [0.2, 0.25) is 0 Å². The van der Waals surface area contributed by atoms with Gasteiger partial charge in [0, 0.05) is 42.9 Å². The summed E-state index contributed by atoms with van der Waals surface area (Å²) in [7, 11) is 0. The summed E-state index contributed by atoms with van der Waals surface area (Å²) in [4.78, 5) is 23.9. The largest absolute Gasteiger partial charge is 0.443 e. The van der Waals surface area contributed by atoms with E-state index in [4.69, 9.17) is 4.74 Å². The van der Waals surface area contributed by atoms with Crippen molar-refractivity contribution in [1.82, 2.24) is 4.57 Å². The van der Waals surface area contributed by atoms with E-state index < -0.39 is 10.8 Å². The third kappa shape index (κ3) is 3.23. The van der Waals surface area contributed by atoms with Crippen molar-refractivity contribution in [2.75, 3.05) is 0 Å². The van der Waals surface area contributed by atoms with Crippen LogP contribution < -0.4 is 0 Å². The lowest BCUT2D eigenvalue weighted by molar-refractivity contribution is -0.384. The third-order valence-corrected chi connectivity index (χ3v) is 5.28. The minimum absolute atomic E-state index is 0.0838. The highest BCUT2D eigenvalue weighted by atomic mass is 16.6. The summed E-state index contributed by atoms with van der Waals surface area (Å²) in [5.41, 5.74) is 0.865. The van der Waals surface area contributed by atoms with Gasteiger partial charge in [-0.15, -0.1) is 0 Å². The Morgan fingerprint density at radius 3 is 2.62 bits per heavy atom. The second kappa shape index (κ2) is 6.74. The monoisotopic (exact) mass is 389 g/mol. The van der Waals surface area contributed by atoms with Gasteiger partial charge in [-0.3, -0.25) is 19.5 Å². The van der Waals surface area contributed by atoms with E-state index >= 15 is 0 Å². The number of carbonyl (C=O) groups excluding carboxylic acids is 1. The Morgan fingerprint density at radius 2 is 1.97 bits per heavy atom. The summed E-state index contributed by atoms with van der Waals surface area (Å²) in [6.45, 7) is 4.00. The second-order valence-corrected chi connectivity index (χ2v) is 8.09. The number of aromatic nitrogens is 1. The normalized spacial score (nSPS) is 20.7. The van der Waals surface area contributed by atoms with Gasteiger partial charge in [0.2, 0.25) is 5.88 Å². The number of non-ortho nitro benzene ring substituents is 1. The van der Waals surface area contributed by atoms with Gasteiger partial charge < -0.3 is 4.74 Å². The molecule has 29 heavy (non-hydrogen) atoms. The van der Waals surface area contributed by atoms with E-state index in [1.165, 1.54) is 12.1 Å². The number of hydrogen-bond donors (Lipinski definition) is 0. The predicted octanol–water partition coefficient (Wildman–Crippen LogP) is 4.55. The van der Waals surface area contributed by atoms with Crippen molar-refractivity contribution in [3.63, 3.8) is 0 Å². The van der Waals surface area contributed by atoms with Crippen LogP contribution in [0.5, 0.6) is 0 Å². The Balaban J connectivity index is 1.96. The Bertz CT molecular complexity index is 1120. The van der Waals surface area contributed by atoms with Crippen LogP contribution >= 0.6 is 0 Å². The molecule has 2 aliphatic rings. The van der Waals surface area contributed by atoms with E-state index in [0.717, 1.165) is 0 Å². The highest BCUT2D eigenvalue weighted by Gasteiger charge is 2.43. The minimum Gasteiger partial charge on any atom is -0.443 e. The van der Waals surface area contributed by atoms with Gasteiger partial charge >= 0.3 is 0 Å². The average molecular weight is 389 g/mol. The Labute approximate surface area is 167 Å². The molecule has 0 bridgehead atoms. The summed E-state index contributed by atoms with van der Waals surface area (Å²) in [5, 5.41) is 21.3. The summed E-state index contributed by atoms with van der Waals surface area (Å²) in [5.74, 6) is 0.0698. The van der Waals surface area contributed by atoms with Gasteiger partial charge in [-0.25, -0.2) is 0 Å².